The summed E-state index contributed by atoms with van der Waals surface area (Å²) in [6.07, 6.45) is -6.83. The predicted octanol–water partition coefficient (Wildman–Crippen LogP) is 1.05. The van der Waals surface area contributed by atoms with Crippen LogP contribution >= 0.6 is 0 Å². The zero-order valence-corrected chi connectivity index (χ0v) is 8.21. The van der Waals surface area contributed by atoms with Crippen LogP contribution in [0.3, 0.4) is 0 Å². The third kappa shape index (κ3) is 4.26. The summed E-state index contributed by atoms with van der Waals surface area (Å²) in [5.41, 5.74) is 5.47. The number of alkyl halides is 3. The van der Waals surface area contributed by atoms with Gasteiger partial charge in [0.05, 0.1) is 12.7 Å². The molecule has 0 rings (SSSR count). The number of aliphatic hydroxyl groups is 1. The van der Waals surface area contributed by atoms with Gasteiger partial charge in [-0.25, -0.2) is 0 Å². The van der Waals surface area contributed by atoms with Gasteiger partial charge in [0.25, 0.3) is 0 Å². The Morgan fingerprint density at radius 1 is 1.43 bits per heavy atom. The van der Waals surface area contributed by atoms with Crippen LogP contribution in [0.2, 0.25) is 0 Å². The van der Waals surface area contributed by atoms with Crippen LogP contribution in [0.5, 0.6) is 0 Å². The number of nitrogens with two attached hydrogens (primary N) is 1. The summed E-state index contributed by atoms with van der Waals surface area (Å²) < 4.78 is 40.8. The van der Waals surface area contributed by atoms with E-state index in [0.29, 0.717) is 6.42 Å². The van der Waals surface area contributed by atoms with E-state index in [9.17, 15) is 13.2 Å². The first-order chi connectivity index (χ1) is 6.32. The highest BCUT2D eigenvalue weighted by Gasteiger charge is 2.39. The first kappa shape index (κ1) is 13.7. The van der Waals surface area contributed by atoms with Gasteiger partial charge in [-0.05, 0) is 13.3 Å². The SMILES string of the molecule is CCC(N)C(CO)OC(C)C(F)(F)F. The van der Waals surface area contributed by atoms with Gasteiger partial charge in [-0.2, -0.15) is 13.2 Å². The van der Waals surface area contributed by atoms with Crippen LogP contribution < -0.4 is 5.73 Å². The normalized spacial score (nSPS) is 19.1. The molecule has 0 bridgehead atoms. The molecule has 0 radical (unpaired) electrons. The van der Waals surface area contributed by atoms with E-state index in [1.54, 1.807) is 6.92 Å². The van der Waals surface area contributed by atoms with Gasteiger partial charge >= 0.3 is 6.18 Å². The second-order valence-corrected chi connectivity index (χ2v) is 3.11. The highest BCUT2D eigenvalue weighted by molar-refractivity contribution is 4.74. The first-order valence-electron chi connectivity index (χ1n) is 4.41. The average Bonchev–Trinajstić information content (AvgIpc) is 2.10. The summed E-state index contributed by atoms with van der Waals surface area (Å²) in [4.78, 5) is 0. The molecule has 14 heavy (non-hydrogen) atoms. The predicted molar refractivity (Wildman–Crippen MR) is 45.7 cm³/mol. The standard InChI is InChI=1S/C8H16F3NO2/c1-3-6(12)7(4-13)14-5(2)8(9,10)11/h5-7,13H,3-4,12H2,1-2H3. The molecule has 0 aliphatic rings. The fraction of sp³-hybridized carbons (Fsp3) is 1.00. The van der Waals surface area contributed by atoms with Gasteiger partial charge in [-0.15, -0.1) is 0 Å². The average molecular weight is 215 g/mol. The molecule has 0 amide bonds. The summed E-state index contributed by atoms with van der Waals surface area (Å²) in [5, 5.41) is 8.77. The molecule has 0 heterocycles. The summed E-state index contributed by atoms with van der Waals surface area (Å²) in [7, 11) is 0. The Morgan fingerprint density at radius 3 is 2.21 bits per heavy atom. The number of rotatable bonds is 5. The Labute approximate surface area is 81.0 Å². The Morgan fingerprint density at radius 2 is 1.93 bits per heavy atom. The fourth-order valence-corrected chi connectivity index (χ4v) is 0.882. The van der Waals surface area contributed by atoms with Crippen LogP contribution in [-0.2, 0) is 4.74 Å². The van der Waals surface area contributed by atoms with Crippen LogP contribution in [0.1, 0.15) is 20.3 Å². The van der Waals surface area contributed by atoms with E-state index in [4.69, 9.17) is 10.8 Å². The highest BCUT2D eigenvalue weighted by atomic mass is 19.4. The lowest BCUT2D eigenvalue weighted by molar-refractivity contribution is -0.231. The van der Waals surface area contributed by atoms with Gasteiger partial charge < -0.3 is 15.6 Å². The van der Waals surface area contributed by atoms with E-state index in [-0.39, 0.29) is 0 Å². The van der Waals surface area contributed by atoms with E-state index in [0.717, 1.165) is 6.92 Å². The first-order valence-corrected chi connectivity index (χ1v) is 4.41. The molecular formula is C8H16F3NO2. The van der Waals surface area contributed by atoms with Crippen molar-refractivity contribution in [2.45, 2.75) is 44.7 Å². The van der Waals surface area contributed by atoms with Crippen LogP contribution in [0.15, 0.2) is 0 Å². The minimum Gasteiger partial charge on any atom is -0.394 e. The lowest BCUT2D eigenvalue weighted by Gasteiger charge is -2.26. The smallest absolute Gasteiger partial charge is 0.394 e. The summed E-state index contributed by atoms with van der Waals surface area (Å²) >= 11 is 0. The van der Waals surface area contributed by atoms with Crippen molar-refractivity contribution in [1.82, 2.24) is 0 Å². The van der Waals surface area contributed by atoms with E-state index in [1.807, 2.05) is 0 Å². The molecule has 0 aliphatic carbocycles. The second kappa shape index (κ2) is 5.53. The molecule has 3 nitrogen and oxygen atoms in total. The zero-order chi connectivity index (χ0) is 11.4. The fourth-order valence-electron chi connectivity index (χ4n) is 0.882. The molecule has 0 aromatic heterocycles. The van der Waals surface area contributed by atoms with Crippen molar-refractivity contribution in [2.24, 2.45) is 5.73 Å². The molecule has 0 aromatic rings. The molecule has 0 saturated heterocycles. The molecule has 3 unspecified atom stereocenters. The van der Waals surface area contributed by atoms with E-state index < -0.39 is 31.0 Å². The van der Waals surface area contributed by atoms with Crippen LogP contribution in [0.25, 0.3) is 0 Å². The molecule has 0 spiro atoms. The molecule has 0 saturated carbocycles. The molecular weight excluding hydrogens is 199 g/mol. The molecule has 6 heteroatoms. The number of hydrogen-bond donors (Lipinski definition) is 2. The third-order valence-corrected chi connectivity index (χ3v) is 1.97. The molecule has 3 N–H and O–H groups in total. The summed E-state index contributed by atoms with van der Waals surface area (Å²) in [5.74, 6) is 0. The van der Waals surface area contributed by atoms with E-state index in [2.05, 4.69) is 4.74 Å². The van der Waals surface area contributed by atoms with Gasteiger partial charge in [0.2, 0.25) is 0 Å². The van der Waals surface area contributed by atoms with Gasteiger partial charge in [0, 0.05) is 6.04 Å². The van der Waals surface area contributed by atoms with Gasteiger partial charge in [-0.3, -0.25) is 0 Å². The van der Waals surface area contributed by atoms with Crippen LogP contribution in [0.4, 0.5) is 13.2 Å². The molecule has 0 aliphatic heterocycles. The van der Waals surface area contributed by atoms with Crippen LogP contribution in [-0.4, -0.2) is 36.1 Å². The summed E-state index contributed by atoms with van der Waals surface area (Å²) in [6, 6.07) is -0.579. The van der Waals surface area contributed by atoms with Crippen molar-refractivity contribution >= 4 is 0 Å². The van der Waals surface area contributed by atoms with Gasteiger partial charge in [0.1, 0.15) is 0 Å². The maximum Gasteiger partial charge on any atom is 0.414 e. The number of aliphatic hydroxyl groups excluding tert-OH is 1. The lowest BCUT2D eigenvalue weighted by Crippen LogP contribution is -2.44. The van der Waals surface area contributed by atoms with E-state index >= 15 is 0 Å². The second-order valence-electron chi connectivity index (χ2n) is 3.11. The van der Waals surface area contributed by atoms with Crippen molar-refractivity contribution in [1.29, 1.82) is 0 Å². The van der Waals surface area contributed by atoms with E-state index in [1.165, 1.54) is 0 Å². The molecule has 86 valence electrons. The lowest BCUT2D eigenvalue weighted by atomic mass is 10.1. The third-order valence-electron chi connectivity index (χ3n) is 1.97. The van der Waals surface area contributed by atoms with Gasteiger partial charge in [-0.1, -0.05) is 6.92 Å². The largest absolute Gasteiger partial charge is 0.414 e. The Balaban J connectivity index is 4.18. The van der Waals surface area contributed by atoms with Crippen molar-refractivity contribution in [3.05, 3.63) is 0 Å². The number of hydrogen-bond acceptors (Lipinski definition) is 3. The number of halogens is 3. The van der Waals surface area contributed by atoms with Gasteiger partial charge in [0.15, 0.2) is 6.10 Å². The maximum atomic E-state index is 12.1. The topological polar surface area (TPSA) is 55.5 Å². The van der Waals surface area contributed by atoms with Crippen molar-refractivity contribution in [3.63, 3.8) is 0 Å². The number of ether oxygens (including phenoxy) is 1. The quantitative estimate of drug-likeness (QED) is 0.720. The molecule has 3 atom stereocenters. The summed E-state index contributed by atoms with van der Waals surface area (Å²) in [6.45, 7) is 2.11. The highest BCUT2D eigenvalue weighted by Crippen LogP contribution is 2.23. The molecule has 0 fully saturated rings. The minimum atomic E-state index is -4.42. The Hall–Kier alpha value is -0.330. The maximum absolute atomic E-state index is 12.1. The Bertz CT molecular complexity index is 163. The minimum absolute atomic E-state index is 0.454. The monoisotopic (exact) mass is 215 g/mol. The van der Waals surface area contributed by atoms with Crippen molar-refractivity contribution in [3.8, 4) is 0 Å². The van der Waals surface area contributed by atoms with Crippen LogP contribution in [0, 0.1) is 0 Å². The Kier molecular flexibility index (Phi) is 5.40. The van der Waals surface area contributed by atoms with Crippen molar-refractivity contribution < 1.29 is 23.0 Å². The van der Waals surface area contributed by atoms with Crippen molar-refractivity contribution in [2.75, 3.05) is 6.61 Å². The zero-order valence-electron chi connectivity index (χ0n) is 8.21. The molecule has 0 aromatic carbocycles.